The molecule has 0 aliphatic heterocycles. The molecule has 0 saturated carbocycles. The van der Waals surface area contributed by atoms with Crippen molar-refractivity contribution in [2.45, 2.75) is 13.8 Å². The summed E-state index contributed by atoms with van der Waals surface area (Å²) >= 11 is 0. The van der Waals surface area contributed by atoms with E-state index in [9.17, 15) is 19.0 Å². The van der Waals surface area contributed by atoms with Crippen molar-refractivity contribution in [1.29, 1.82) is 0 Å². The minimum absolute atomic E-state index is 0.0644. The van der Waals surface area contributed by atoms with E-state index in [1.54, 1.807) is 13.8 Å². The predicted octanol–water partition coefficient (Wildman–Crippen LogP) is 1.46. The van der Waals surface area contributed by atoms with Crippen molar-refractivity contribution in [2.24, 2.45) is 0 Å². The van der Waals surface area contributed by atoms with Crippen LogP contribution in [0.25, 0.3) is 0 Å². The van der Waals surface area contributed by atoms with E-state index >= 15 is 0 Å². The Morgan fingerprint density at radius 1 is 0.564 bits per heavy atom. The van der Waals surface area contributed by atoms with Gasteiger partial charge in [0.25, 0.3) is 0 Å². The van der Waals surface area contributed by atoms with Crippen LogP contribution in [0, 0.1) is 0 Å². The van der Waals surface area contributed by atoms with Crippen LogP contribution in [0.4, 0.5) is 0 Å². The van der Waals surface area contributed by atoms with Crippen molar-refractivity contribution in [3.63, 3.8) is 0 Å². The van der Waals surface area contributed by atoms with Gasteiger partial charge in [0.15, 0.2) is 0 Å². The van der Waals surface area contributed by atoms with E-state index in [2.05, 4.69) is 13.2 Å². The molecule has 0 aliphatic rings. The fraction of sp³-hybridized carbons (Fsp3) is 0.750. The molecule has 0 aromatic heterocycles. The van der Waals surface area contributed by atoms with Crippen molar-refractivity contribution < 1.29 is 66.0 Å². The second-order valence-electron chi connectivity index (χ2n) is 7.34. The molecule has 0 radical (unpaired) electrons. The lowest BCUT2D eigenvalue weighted by molar-refractivity contribution is -0.140. The summed E-state index contributed by atoms with van der Waals surface area (Å²) in [4.78, 5) is 32.3. The van der Waals surface area contributed by atoms with Crippen molar-refractivity contribution >= 4 is 19.8 Å². The van der Waals surface area contributed by atoms with E-state index in [-0.39, 0.29) is 104 Å². The van der Waals surface area contributed by atoms with Gasteiger partial charge in [0, 0.05) is 0 Å². The van der Waals surface area contributed by atoms with Crippen LogP contribution < -0.4 is 0 Å². The second kappa shape index (κ2) is 25.3. The third kappa shape index (κ3) is 23.9. The monoisotopic (exact) mass is 586 g/mol. The lowest BCUT2D eigenvalue weighted by atomic mass is 10.3. The van der Waals surface area contributed by atoms with Crippen molar-refractivity contribution in [2.75, 3.05) is 106 Å². The first kappa shape index (κ1) is 37.3. The molecule has 1 N–H and O–H groups in total. The molecule has 228 valence electrons. The van der Waals surface area contributed by atoms with E-state index in [1.165, 1.54) is 0 Å². The Kier molecular flexibility index (Phi) is 24.2. The van der Waals surface area contributed by atoms with Gasteiger partial charge in [-0.3, -0.25) is 9.05 Å². The standard InChI is InChI=1S/C24H43O14P/c1-5-35-23(25)21(3)19-33-13-11-29-7-9-31-15-17-37-39(27,28)38-18-16-32-10-8-30-12-14-34-20-22(4)24(26)36-6-2/h3-20H2,1-2H3,(H,27,28). The Hall–Kier alpha value is -1.71. The molecule has 14 nitrogen and oxygen atoms in total. The molecule has 0 rings (SSSR count). The summed E-state index contributed by atoms with van der Waals surface area (Å²) in [7, 11) is -4.22. The smallest absolute Gasteiger partial charge is 0.463 e. The third-order valence-corrected chi connectivity index (χ3v) is 5.15. The van der Waals surface area contributed by atoms with E-state index in [0.29, 0.717) is 13.2 Å². The molecule has 0 saturated heterocycles. The highest BCUT2D eigenvalue weighted by molar-refractivity contribution is 7.47. The summed E-state index contributed by atoms with van der Waals surface area (Å²) in [6, 6.07) is 0. The number of phosphoric ester groups is 1. The van der Waals surface area contributed by atoms with Gasteiger partial charge >= 0.3 is 19.8 Å². The Balaban J connectivity index is 3.47. The molecule has 0 spiro atoms. The number of ether oxygens (including phenoxy) is 8. The Bertz CT molecular complexity index is 674. The number of hydrogen-bond acceptors (Lipinski definition) is 13. The van der Waals surface area contributed by atoms with E-state index in [1.807, 2.05) is 0 Å². The summed E-state index contributed by atoms with van der Waals surface area (Å²) in [6.07, 6.45) is 0. The van der Waals surface area contributed by atoms with Gasteiger partial charge in [-0.05, 0) is 13.8 Å². The lowest BCUT2D eigenvalue weighted by Crippen LogP contribution is -2.15. The average Bonchev–Trinajstić information content (AvgIpc) is 2.90. The van der Waals surface area contributed by atoms with Crippen LogP contribution in [0.2, 0.25) is 0 Å². The first-order valence-electron chi connectivity index (χ1n) is 12.5. The van der Waals surface area contributed by atoms with Gasteiger partial charge in [-0.1, -0.05) is 13.2 Å². The minimum atomic E-state index is -4.22. The topological polar surface area (TPSA) is 164 Å². The van der Waals surface area contributed by atoms with E-state index < -0.39 is 19.8 Å². The predicted molar refractivity (Wildman–Crippen MR) is 138 cm³/mol. The molecule has 0 heterocycles. The van der Waals surface area contributed by atoms with Gasteiger partial charge in [0.05, 0.1) is 117 Å². The van der Waals surface area contributed by atoms with Crippen molar-refractivity contribution in [3.8, 4) is 0 Å². The molecule has 0 aromatic carbocycles. The van der Waals surface area contributed by atoms with Crippen LogP contribution in [0.3, 0.4) is 0 Å². The Morgan fingerprint density at radius 3 is 1.15 bits per heavy atom. The van der Waals surface area contributed by atoms with Crippen LogP contribution in [-0.4, -0.2) is 123 Å². The zero-order chi connectivity index (χ0) is 29.2. The normalized spacial score (nSPS) is 11.4. The molecule has 0 atom stereocenters. The first-order chi connectivity index (χ1) is 18.7. The SMILES string of the molecule is C=C(COCCOCCOCCOP(=O)(O)OCCOCCOCCOCC(=C)C(=O)OCC)C(=O)OCC. The second-order valence-corrected chi connectivity index (χ2v) is 8.79. The van der Waals surface area contributed by atoms with E-state index in [4.69, 9.17) is 46.9 Å². The molecule has 39 heavy (non-hydrogen) atoms. The average molecular weight is 587 g/mol. The summed E-state index contributed by atoms with van der Waals surface area (Å²) in [5.41, 5.74) is 0.471. The molecular formula is C24H43O14P. The van der Waals surface area contributed by atoms with Crippen molar-refractivity contribution in [1.82, 2.24) is 0 Å². The number of rotatable bonds is 28. The highest BCUT2D eigenvalue weighted by Gasteiger charge is 2.20. The number of carbonyl (C=O) groups is 2. The number of hydrogen-bond donors (Lipinski definition) is 1. The van der Waals surface area contributed by atoms with E-state index in [0.717, 1.165) is 0 Å². The lowest BCUT2D eigenvalue weighted by Gasteiger charge is -2.12. The van der Waals surface area contributed by atoms with Crippen molar-refractivity contribution in [3.05, 3.63) is 24.3 Å². The highest BCUT2D eigenvalue weighted by Crippen LogP contribution is 2.42. The Morgan fingerprint density at radius 2 is 0.846 bits per heavy atom. The first-order valence-corrected chi connectivity index (χ1v) is 14.0. The van der Waals surface area contributed by atoms with Crippen LogP contribution in [0.5, 0.6) is 0 Å². The number of carbonyl (C=O) groups excluding carboxylic acids is 2. The van der Waals surface area contributed by atoms with Crippen LogP contribution in [0.1, 0.15) is 13.8 Å². The molecular weight excluding hydrogens is 543 g/mol. The maximum atomic E-state index is 11.8. The summed E-state index contributed by atoms with van der Waals surface area (Å²) in [6.45, 7) is 13.3. The quantitative estimate of drug-likeness (QED) is 0.0606. The van der Waals surface area contributed by atoms with Gasteiger partial charge in [0.2, 0.25) is 0 Å². The summed E-state index contributed by atoms with van der Waals surface area (Å²) < 4.78 is 62.6. The molecule has 0 amide bonds. The largest absolute Gasteiger partial charge is 0.472 e. The summed E-state index contributed by atoms with van der Waals surface area (Å²) in [5.74, 6) is -0.975. The number of esters is 2. The maximum Gasteiger partial charge on any atom is 0.472 e. The van der Waals surface area contributed by atoms with Gasteiger partial charge in [-0.25, -0.2) is 14.2 Å². The van der Waals surface area contributed by atoms with Gasteiger partial charge in [-0.15, -0.1) is 0 Å². The maximum absolute atomic E-state index is 11.8. The molecule has 0 aromatic rings. The molecule has 15 heteroatoms. The molecule has 0 aliphatic carbocycles. The Labute approximate surface area is 230 Å². The molecule has 0 fully saturated rings. The minimum Gasteiger partial charge on any atom is -0.463 e. The van der Waals surface area contributed by atoms with Gasteiger partial charge in [-0.2, -0.15) is 0 Å². The highest BCUT2D eigenvalue weighted by atomic mass is 31.2. The molecule has 0 bridgehead atoms. The zero-order valence-corrected chi connectivity index (χ0v) is 23.8. The van der Waals surface area contributed by atoms with Gasteiger partial charge < -0.3 is 42.8 Å². The van der Waals surface area contributed by atoms with Crippen LogP contribution in [0.15, 0.2) is 24.3 Å². The number of phosphoric acid groups is 1. The zero-order valence-electron chi connectivity index (χ0n) is 22.9. The van der Waals surface area contributed by atoms with Gasteiger partial charge in [0.1, 0.15) is 0 Å². The van der Waals surface area contributed by atoms with Crippen LogP contribution in [-0.2, 0) is 61.1 Å². The molecule has 0 unspecified atom stereocenters. The third-order valence-electron chi connectivity index (χ3n) is 4.13. The summed E-state index contributed by atoms with van der Waals surface area (Å²) in [5, 5.41) is 0. The van der Waals surface area contributed by atoms with Crippen LogP contribution >= 0.6 is 7.82 Å². The fourth-order valence-corrected chi connectivity index (χ4v) is 3.00. The fourth-order valence-electron chi connectivity index (χ4n) is 2.31.